The third-order valence-corrected chi connectivity index (χ3v) is 7.69. The predicted octanol–water partition coefficient (Wildman–Crippen LogP) is 6.56. The number of halogens is 1. The van der Waals surface area contributed by atoms with Gasteiger partial charge in [0.15, 0.2) is 0 Å². The molecule has 1 aliphatic carbocycles. The average molecular weight is 509 g/mol. The minimum atomic E-state index is -0.0470. The second-order valence-corrected chi connectivity index (χ2v) is 10.3. The third-order valence-electron chi connectivity index (χ3n) is 7.45. The molecule has 0 bridgehead atoms. The van der Waals surface area contributed by atoms with Gasteiger partial charge in [0.05, 0.1) is 11.7 Å². The lowest BCUT2D eigenvalue weighted by Gasteiger charge is -2.32. The van der Waals surface area contributed by atoms with Gasteiger partial charge >= 0.3 is 0 Å². The molecule has 2 aliphatic rings. The number of aromatic nitrogens is 1. The van der Waals surface area contributed by atoms with Crippen LogP contribution in [0.4, 0.5) is 11.5 Å². The molecule has 186 valence electrons. The van der Waals surface area contributed by atoms with Crippen molar-refractivity contribution in [1.82, 2.24) is 10.3 Å². The number of nitrogens with one attached hydrogen (secondary N) is 2. The van der Waals surface area contributed by atoms with Crippen molar-refractivity contribution in [3.05, 3.63) is 112 Å². The van der Waals surface area contributed by atoms with E-state index in [-0.39, 0.29) is 11.9 Å². The number of fused-ring (bicyclic) bond motifs is 2. The lowest BCUT2D eigenvalue weighted by atomic mass is 10.0. The number of anilines is 2. The topological polar surface area (TPSA) is 57.3 Å². The summed E-state index contributed by atoms with van der Waals surface area (Å²) in [6.45, 7) is 4.58. The first-order valence-electron chi connectivity index (χ1n) is 12.8. The number of nitrogens with zero attached hydrogens (tertiary/aromatic N) is 2. The second-order valence-electron chi connectivity index (χ2n) is 9.86. The summed E-state index contributed by atoms with van der Waals surface area (Å²) in [5.41, 5.74) is 8.65. The van der Waals surface area contributed by atoms with Crippen molar-refractivity contribution in [2.24, 2.45) is 0 Å². The highest BCUT2D eigenvalue weighted by Gasteiger charge is 2.24. The SMILES string of the molecule is Cc1ccc(Cl)cc1CN1CCNc2ncc(-c3cccc(C(=O)NC4CCc5ccccc54)c3)cc21. The van der Waals surface area contributed by atoms with Gasteiger partial charge in [-0.3, -0.25) is 4.79 Å². The summed E-state index contributed by atoms with van der Waals surface area (Å²) in [6.07, 6.45) is 3.82. The fraction of sp³-hybridized carbons (Fsp3) is 0.226. The number of hydrogen-bond donors (Lipinski definition) is 2. The van der Waals surface area contributed by atoms with Crippen molar-refractivity contribution in [2.75, 3.05) is 23.3 Å². The van der Waals surface area contributed by atoms with E-state index in [0.29, 0.717) is 5.56 Å². The van der Waals surface area contributed by atoms with E-state index in [4.69, 9.17) is 16.6 Å². The average Bonchev–Trinajstić information content (AvgIpc) is 3.33. The Kier molecular flexibility index (Phi) is 6.31. The lowest BCUT2D eigenvalue weighted by Crippen LogP contribution is -2.34. The zero-order chi connectivity index (χ0) is 25.4. The summed E-state index contributed by atoms with van der Waals surface area (Å²) in [6, 6.07) is 24.4. The molecule has 1 aliphatic heterocycles. The van der Waals surface area contributed by atoms with Gasteiger partial charge in [0.2, 0.25) is 0 Å². The van der Waals surface area contributed by atoms with Crippen LogP contribution in [0.3, 0.4) is 0 Å². The molecule has 1 unspecified atom stereocenters. The Morgan fingerprint density at radius 3 is 2.89 bits per heavy atom. The van der Waals surface area contributed by atoms with Gasteiger partial charge in [-0.2, -0.15) is 0 Å². The lowest BCUT2D eigenvalue weighted by molar-refractivity contribution is 0.0936. The van der Waals surface area contributed by atoms with Gasteiger partial charge in [0, 0.05) is 42.0 Å². The van der Waals surface area contributed by atoms with Crippen LogP contribution < -0.4 is 15.5 Å². The molecule has 0 radical (unpaired) electrons. The molecule has 6 rings (SSSR count). The Bertz CT molecular complexity index is 1480. The third kappa shape index (κ3) is 4.79. The highest BCUT2D eigenvalue weighted by molar-refractivity contribution is 6.30. The maximum atomic E-state index is 13.2. The standard InChI is InChI=1S/C31H29ClN4O/c1-20-9-11-26(32)16-25(20)19-36-14-13-33-30-29(36)17-24(18-34-30)22-6-4-7-23(15-22)31(37)35-28-12-10-21-5-2-3-8-27(21)28/h2-9,11,15-18,28H,10,12-14,19H2,1H3,(H,33,34)(H,35,37). The van der Waals surface area contributed by atoms with Gasteiger partial charge in [0.1, 0.15) is 5.82 Å². The Balaban J connectivity index is 1.25. The number of amides is 1. The van der Waals surface area contributed by atoms with Crippen LogP contribution in [0.2, 0.25) is 5.02 Å². The van der Waals surface area contributed by atoms with Crippen LogP contribution in [0.25, 0.3) is 11.1 Å². The molecule has 0 saturated heterocycles. The Morgan fingerprint density at radius 1 is 1.08 bits per heavy atom. The molecule has 4 aromatic rings. The molecule has 0 saturated carbocycles. The molecule has 5 nitrogen and oxygen atoms in total. The first kappa shape index (κ1) is 23.6. The molecule has 37 heavy (non-hydrogen) atoms. The van der Waals surface area contributed by atoms with Crippen molar-refractivity contribution in [2.45, 2.75) is 32.4 Å². The van der Waals surface area contributed by atoms with Crippen LogP contribution in [0.5, 0.6) is 0 Å². The quantitative estimate of drug-likeness (QED) is 0.320. The molecule has 1 atom stereocenters. The zero-order valence-corrected chi connectivity index (χ0v) is 21.6. The summed E-state index contributed by atoms with van der Waals surface area (Å²) in [4.78, 5) is 20.3. The Hall–Kier alpha value is -3.83. The van der Waals surface area contributed by atoms with Crippen molar-refractivity contribution in [1.29, 1.82) is 0 Å². The maximum absolute atomic E-state index is 13.2. The minimum Gasteiger partial charge on any atom is -0.367 e. The summed E-state index contributed by atoms with van der Waals surface area (Å²) in [5.74, 6) is 0.831. The number of aryl methyl sites for hydroxylation is 2. The van der Waals surface area contributed by atoms with Gasteiger partial charge in [0.25, 0.3) is 5.91 Å². The molecule has 3 aromatic carbocycles. The molecular formula is C31H29ClN4O. The fourth-order valence-corrected chi connectivity index (χ4v) is 5.58. The first-order chi connectivity index (χ1) is 18.0. The number of benzene rings is 3. The zero-order valence-electron chi connectivity index (χ0n) is 20.8. The van der Waals surface area contributed by atoms with E-state index in [2.05, 4.69) is 52.8 Å². The molecule has 6 heteroatoms. The Labute approximate surface area is 222 Å². The summed E-state index contributed by atoms with van der Waals surface area (Å²) in [7, 11) is 0. The Morgan fingerprint density at radius 2 is 1.97 bits per heavy atom. The van der Waals surface area contributed by atoms with Crippen LogP contribution in [0.15, 0.2) is 79.0 Å². The van der Waals surface area contributed by atoms with E-state index in [1.165, 1.54) is 22.3 Å². The van der Waals surface area contributed by atoms with Crippen LogP contribution in [0.1, 0.15) is 45.1 Å². The fourth-order valence-electron chi connectivity index (χ4n) is 5.39. The smallest absolute Gasteiger partial charge is 0.251 e. The van der Waals surface area contributed by atoms with E-state index in [9.17, 15) is 4.79 Å². The highest BCUT2D eigenvalue weighted by Crippen LogP contribution is 2.34. The van der Waals surface area contributed by atoms with Gasteiger partial charge in [-0.15, -0.1) is 0 Å². The molecule has 1 amide bonds. The van der Waals surface area contributed by atoms with Gasteiger partial charge in [-0.1, -0.05) is 54.1 Å². The number of carbonyl (C=O) groups is 1. The van der Waals surface area contributed by atoms with Crippen LogP contribution in [-0.4, -0.2) is 24.0 Å². The van der Waals surface area contributed by atoms with Gasteiger partial charge in [-0.25, -0.2) is 4.98 Å². The van der Waals surface area contributed by atoms with Crippen LogP contribution in [-0.2, 0) is 13.0 Å². The molecule has 0 spiro atoms. The summed E-state index contributed by atoms with van der Waals surface area (Å²) >= 11 is 6.28. The monoisotopic (exact) mass is 508 g/mol. The molecule has 2 N–H and O–H groups in total. The molecule has 0 fully saturated rings. The van der Waals surface area contributed by atoms with E-state index in [0.717, 1.165) is 60.1 Å². The minimum absolute atomic E-state index is 0.0470. The van der Waals surface area contributed by atoms with E-state index < -0.39 is 0 Å². The highest BCUT2D eigenvalue weighted by atomic mass is 35.5. The largest absolute Gasteiger partial charge is 0.367 e. The molecule has 2 heterocycles. The van der Waals surface area contributed by atoms with Crippen LogP contribution >= 0.6 is 11.6 Å². The van der Waals surface area contributed by atoms with Crippen molar-refractivity contribution in [3.63, 3.8) is 0 Å². The van der Waals surface area contributed by atoms with E-state index in [1.807, 2.05) is 48.7 Å². The predicted molar refractivity (Wildman–Crippen MR) is 150 cm³/mol. The normalized spacial score (nSPS) is 16.1. The van der Waals surface area contributed by atoms with E-state index in [1.54, 1.807) is 0 Å². The molecule has 1 aromatic heterocycles. The first-order valence-corrected chi connectivity index (χ1v) is 13.2. The second kappa shape index (κ2) is 9.91. The number of pyridine rings is 1. The summed E-state index contributed by atoms with van der Waals surface area (Å²) in [5, 5.41) is 7.41. The summed E-state index contributed by atoms with van der Waals surface area (Å²) < 4.78 is 0. The number of hydrogen-bond acceptors (Lipinski definition) is 4. The number of rotatable bonds is 5. The van der Waals surface area contributed by atoms with Gasteiger partial charge < -0.3 is 15.5 Å². The van der Waals surface area contributed by atoms with Gasteiger partial charge in [-0.05, 0) is 77.9 Å². The van der Waals surface area contributed by atoms with E-state index >= 15 is 0 Å². The number of carbonyl (C=O) groups excluding carboxylic acids is 1. The maximum Gasteiger partial charge on any atom is 0.251 e. The van der Waals surface area contributed by atoms with Crippen LogP contribution in [0, 0.1) is 6.92 Å². The van der Waals surface area contributed by atoms with Crippen molar-refractivity contribution < 1.29 is 4.79 Å². The molecular weight excluding hydrogens is 480 g/mol. The van der Waals surface area contributed by atoms with Crippen molar-refractivity contribution >= 4 is 29.0 Å². The van der Waals surface area contributed by atoms with Crippen molar-refractivity contribution in [3.8, 4) is 11.1 Å².